The highest BCUT2D eigenvalue weighted by molar-refractivity contribution is 6.30. The fourth-order valence-corrected chi connectivity index (χ4v) is 5.42. The Labute approximate surface area is 234 Å². The van der Waals surface area contributed by atoms with Gasteiger partial charge in [0.15, 0.2) is 6.61 Å². The first-order valence-corrected chi connectivity index (χ1v) is 14.0. The van der Waals surface area contributed by atoms with Crippen LogP contribution in [0.3, 0.4) is 0 Å². The van der Waals surface area contributed by atoms with Crippen LogP contribution in [0, 0.1) is 5.41 Å². The third-order valence-corrected chi connectivity index (χ3v) is 7.96. The predicted molar refractivity (Wildman–Crippen MR) is 146 cm³/mol. The minimum absolute atomic E-state index is 0.156. The van der Waals surface area contributed by atoms with Gasteiger partial charge in [0, 0.05) is 30.9 Å². The molecule has 2 atom stereocenters. The lowest BCUT2D eigenvalue weighted by atomic mass is 9.74. The van der Waals surface area contributed by atoms with E-state index in [1.165, 1.54) is 0 Å². The van der Waals surface area contributed by atoms with E-state index in [-0.39, 0.29) is 38.1 Å². The topological polar surface area (TPSA) is 112 Å². The SMILES string of the molecule is O=C(COc1cccc(Cl)c1)N1CCCCC2(CCN(Cc3ccccn3)CC2)C(=O)OC[C@@H](O)[C@@H](O)CC1. The Bertz CT molecular complexity index is 1080. The molecule has 1 spiro atoms. The molecule has 2 fully saturated rings. The van der Waals surface area contributed by atoms with E-state index >= 15 is 0 Å². The van der Waals surface area contributed by atoms with E-state index in [2.05, 4.69) is 9.88 Å². The van der Waals surface area contributed by atoms with Gasteiger partial charge in [-0.25, -0.2) is 0 Å². The first-order chi connectivity index (χ1) is 18.8. The van der Waals surface area contributed by atoms with Crippen molar-refractivity contribution in [1.82, 2.24) is 14.8 Å². The van der Waals surface area contributed by atoms with E-state index in [1.54, 1.807) is 35.4 Å². The normalized spacial score (nSPS) is 23.3. The van der Waals surface area contributed by atoms with Gasteiger partial charge < -0.3 is 24.6 Å². The van der Waals surface area contributed by atoms with E-state index in [1.807, 2.05) is 18.2 Å². The minimum atomic E-state index is -1.23. The fraction of sp³-hybridized carbons (Fsp3) is 0.552. The molecule has 9 nitrogen and oxygen atoms in total. The molecule has 2 aliphatic heterocycles. The predicted octanol–water partition coefficient (Wildman–Crippen LogP) is 3.06. The largest absolute Gasteiger partial charge is 0.484 e. The Morgan fingerprint density at radius 3 is 2.62 bits per heavy atom. The van der Waals surface area contributed by atoms with Crippen LogP contribution in [0.25, 0.3) is 0 Å². The number of aliphatic hydroxyl groups is 2. The highest BCUT2D eigenvalue weighted by atomic mass is 35.5. The molecule has 2 saturated heterocycles. The standard InChI is InChI=1S/C29H38ClN3O6/c30-22-6-5-8-24(18-22)38-21-27(36)33-14-4-2-10-29(28(37)39-20-26(35)25(34)9-15-33)11-16-32(17-12-29)19-23-7-1-3-13-31-23/h1,3,5-8,13,18,25-26,34-35H,2,4,9-12,14-17,19-21H2/t25-,26+/m0/s1. The first-order valence-electron chi connectivity index (χ1n) is 13.7. The lowest BCUT2D eigenvalue weighted by Gasteiger charge is -2.40. The average Bonchev–Trinajstić information content (AvgIpc) is 2.95. The van der Waals surface area contributed by atoms with Crippen molar-refractivity contribution in [3.05, 3.63) is 59.4 Å². The summed E-state index contributed by atoms with van der Waals surface area (Å²) in [5, 5.41) is 21.5. The highest BCUT2D eigenvalue weighted by Gasteiger charge is 2.42. The van der Waals surface area contributed by atoms with Crippen LogP contribution >= 0.6 is 11.6 Å². The molecule has 39 heavy (non-hydrogen) atoms. The molecule has 0 radical (unpaired) electrons. The van der Waals surface area contributed by atoms with E-state index < -0.39 is 17.6 Å². The van der Waals surface area contributed by atoms with Gasteiger partial charge in [-0.15, -0.1) is 0 Å². The Morgan fingerprint density at radius 2 is 1.87 bits per heavy atom. The number of hydrogen-bond donors (Lipinski definition) is 2. The van der Waals surface area contributed by atoms with E-state index in [9.17, 15) is 19.8 Å². The number of likely N-dealkylation sites (tertiary alicyclic amines) is 1. The maximum absolute atomic E-state index is 13.3. The van der Waals surface area contributed by atoms with Gasteiger partial charge in [0.25, 0.3) is 5.91 Å². The van der Waals surface area contributed by atoms with Gasteiger partial charge >= 0.3 is 5.97 Å². The monoisotopic (exact) mass is 559 g/mol. The van der Waals surface area contributed by atoms with Gasteiger partial charge in [-0.1, -0.05) is 30.2 Å². The van der Waals surface area contributed by atoms with Crippen LogP contribution in [0.2, 0.25) is 5.02 Å². The summed E-state index contributed by atoms with van der Waals surface area (Å²) in [6.45, 7) is 2.51. The van der Waals surface area contributed by atoms with Crippen molar-refractivity contribution in [2.75, 3.05) is 39.4 Å². The second kappa shape index (κ2) is 14.1. The maximum atomic E-state index is 13.3. The molecule has 2 aromatic rings. The van der Waals surface area contributed by atoms with Gasteiger partial charge in [0.05, 0.1) is 17.2 Å². The molecule has 1 aromatic carbocycles. The Balaban J connectivity index is 1.37. The number of aliphatic hydroxyl groups excluding tert-OH is 2. The van der Waals surface area contributed by atoms with Crippen LogP contribution < -0.4 is 4.74 Å². The summed E-state index contributed by atoms with van der Waals surface area (Å²) in [7, 11) is 0. The van der Waals surface area contributed by atoms with Crippen LogP contribution in [-0.2, 0) is 20.9 Å². The molecule has 1 aromatic heterocycles. The minimum Gasteiger partial charge on any atom is -0.484 e. The van der Waals surface area contributed by atoms with Crippen molar-refractivity contribution in [2.24, 2.45) is 5.41 Å². The van der Waals surface area contributed by atoms with Crippen molar-refractivity contribution in [3.8, 4) is 5.75 Å². The smallest absolute Gasteiger partial charge is 0.312 e. The Hall–Kier alpha value is -2.72. The summed E-state index contributed by atoms with van der Waals surface area (Å²) in [5.41, 5.74) is 0.344. The van der Waals surface area contributed by atoms with Gasteiger partial charge in [-0.05, 0) is 75.5 Å². The van der Waals surface area contributed by atoms with Gasteiger partial charge in [0.1, 0.15) is 18.5 Å². The van der Waals surface area contributed by atoms with E-state index in [4.69, 9.17) is 21.1 Å². The van der Waals surface area contributed by atoms with Gasteiger partial charge in [-0.3, -0.25) is 19.5 Å². The Morgan fingerprint density at radius 1 is 1.05 bits per heavy atom. The molecular weight excluding hydrogens is 522 g/mol. The number of piperidine rings is 1. The zero-order valence-corrected chi connectivity index (χ0v) is 23.0. The molecule has 0 unspecified atom stereocenters. The molecule has 2 N–H and O–H groups in total. The number of carbonyl (C=O) groups is 2. The third-order valence-electron chi connectivity index (χ3n) is 7.73. The first kappa shape index (κ1) is 29.3. The molecule has 10 heteroatoms. The lowest BCUT2D eigenvalue weighted by Crippen LogP contribution is -2.46. The van der Waals surface area contributed by atoms with Crippen LogP contribution in [0.1, 0.15) is 44.2 Å². The number of benzene rings is 1. The number of ether oxygens (including phenoxy) is 2. The lowest BCUT2D eigenvalue weighted by molar-refractivity contribution is -0.165. The number of rotatable bonds is 5. The van der Waals surface area contributed by atoms with Crippen molar-refractivity contribution in [3.63, 3.8) is 0 Å². The third kappa shape index (κ3) is 8.38. The molecule has 0 bridgehead atoms. The second-order valence-corrected chi connectivity index (χ2v) is 10.9. The number of esters is 1. The molecule has 212 valence electrons. The maximum Gasteiger partial charge on any atom is 0.312 e. The molecule has 0 aliphatic carbocycles. The van der Waals surface area contributed by atoms with Crippen LogP contribution in [-0.4, -0.2) is 88.5 Å². The summed E-state index contributed by atoms with van der Waals surface area (Å²) >= 11 is 6.00. The molecule has 4 rings (SSSR count). The number of nitrogens with zero attached hydrogens (tertiary/aromatic N) is 3. The summed E-state index contributed by atoms with van der Waals surface area (Å²) in [4.78, 5) is 34.6. The van der Waals surface area contributed by atoms with E-state index in [0.717, 1.165) is 31.7 Å². The van der Waals surface area contributed by atoms with Crippen molar-refractivity contribution in [2.45, 2.75) is 57.3 Å². The van der Waals surface area contributed by atoms with Crippen molar-refractivity contribution < 1.29 is 29.3 Å². The number of hydrogen-bond acceptors (Lipinski definition) is 8. The zero-order chi connectivity index (χ0) is 27.7. The summed E-state index contributed by atoms with van der Waals surface area (Å²) in [6, 6.07) is 12.7. The summed E-state index contributed by atoms with van der Waals surface area (Å²) in [6.07, 6.45) is 2.98. The molecular formula is C29H38ClN3O6. The van der Waals surface area contributed by atoms with Gasteiger partial charge in [-0.2, -0.15) is 0 Å². The van der Waals surface area contributed by atoms with Crippen LogP contribution in [0.5, 0.6) is 5.75 Å². The number of aromatic nitrogens is 1. The molecule has 0 saturated carbocycles. The highest BCUT2D eigenvalue weighted by Crippen LogP contribution is 2.38. The number of carbonyl (C=O) groups excluding carboxylic acids is 2. The van der Waals surface area contributed by atoms with Crippen molar-refractivity contribution >= 4 is 23.5 Å². The van der Waals surface area contributed by atoms with E-state index in [0.29, 0.717) is 43.0 Å². The quantitative estimate of drug-likeness (QED) is 0.538. The fourth-order valence-electron chi connectivity index (χ4n) is 5.24. The number of amides is 1. The van der Waals surface area contributed by atoms with Crippen LogP contribution in [0.4, 0.5) is 0 Å². The molecule has 2 aliphatic rings. The molecule has 1 amide bonds. The number of pyridine rings is 1. The molecule has 3 heterocycles. The summed E-state index contributed by atoms with van der Waals surface area (Å²) < 4.78 is 11.2. The Kier molecular flexibility index (Phi) is 10.6. The van der Waals surface area contributed by atoms with Crippen LogP contribution in [0.15, 0.2) is 48.7 Å². The number of cyclic esters (lactones) is 1. The van der Waals surface area contributed by atoms with Crippen molar-refractivity contribution in [1.29, 1.82) is 0 Å². The average molecular weight is 560 g/mol. The summed E-state index contributed by atoms with van der Waals surface area (Å²) in [5.74, 6) is -0.0196. The zero-order valence-electron chi connectivity index (χ0n) is 22.2. The number of halogens is 1. The second-order valence-electron chi connectivity index (χ2n) is 10.5. The van der Waals surface area contributed by atoms with Gasteiger partial charge in [0.2, 0.25) is 0 Å².